The molecule has 0 aliphatic rings. The quantitative estimate of drug-likeness (QED) is 0.446. The third-order valence-electron chi connectivity index (χ3n) is 4.95. The Morgan fingerprint density at radius 1 is 0.862 bits per heavy atom. The SMILES string of the molecule is CCC(C#CCCC#CCO)O[Si](c1ccccc1)(c1ccccc1)C(C)(C)C. The van der Waals surface area contributed by atoms with Crippen molar-refractivity contribution in [1.29, 1.82) is 0 Å². The molecule has 1 atom stereocenters. The van der Waals surface area contributed by atoms with Crippen molar-refractivity contribution in [1.82, 2.24) is 0 Å². The molecule has 0 fully saturated rings. The highest BCUT2D eigenvalue weighted by Crippen LogP contribution is 2.37. The number of aliphatic hydroxyl groups is 1. The summed E-state index contributed by atoms with van der Waals surface area (Å²) in [4.78, 5) is 0. The minimum absolute atomic E-state index is 0.0581. The van der Waals surface area contributed by atoms with Crippen LogP contribution in [0.4, 0.5) is 0 Å². The Morgan fingerprint density at radius 3 is 1.83 bits per heavy atom. The van der Waals surface area contributed by atoms with E-state index in [2.05, 4.69) is 112 Å². The topological polar surface area (TPSA) is 29.5 Å². The Morgan fingerprint density at radius 2 is 1.38 bits per heavy atom. The lowest BCUT2D eigenvalue weighted by atomic mass is 10.2. The van der Waals surface area contributed by atoms with E-state index in [0.29, 0.717) is 12.8 Å². The zero-order valence-electron chi connectivity index (χ0n) is 18.0. The number of unbranched alkanes of at least 4 members (excludes halogenated alkanes) is 1. The monoisotopic (exact) mass is 404 g/mol. The van der Waals surface area contributed by atoms with Crippen molar-refractivity contribution >= 4 is 18.7 Å². The lowest BCUT2D eigenvalue weighted by Crippen LogP contribution is -2.67. The molecule has 0 aromatic heterocycles. The molecule has 0 aliphatic carbocycles. The van der Waals surface area contributed by atoms with Crippen LogP contribution in [-0.2, 0) is 4.43 Å². The first-order chi connectivity index (χ1) is 14.0. The molecule has 1 unspecified atom stereocenters. The van der Waals surface area contributed by atoms with Crippen molar-refractivity contribution in [3.05, 3.63) is 60.7 Å². The van der Waals surface area contributed by atoms with Crippen molar-refractivity contribution in [2.75, 3.05) is 6.61 Å². The van der Waals surface area contributed by atoms with Gasteiger partial charge in [-0.2, -0.15) is 0 Å². The molecule has 0 spiro atoms. The van der Waals surface area contributed by atoms with E-state index in [1.165, 1.54) is 10.4 Å². The van der Waals surface area contributed by atoms with E-state index in [0.717, 1.165) is 6.42 Å². The highest BCUT2D eigenvalue weighted by Gasteiger charge is 2.51. The van der Waals surface area contributed by atoms with E-state index in [1.807, 2.05) is 0 Å². The van der Waals surface area contributed by atoms with E-state index in [9.17, 15) is 0 Å². The Kier molecular flexibility index (Phi) is 8.74. The van der Waals surface area contributed by atoms with E-state index < -0.39 is 8.32 Å². The van der Waals surface area contributed by atoms with Crippen LogP contribution in [0, 0.1) is 23.7 Å². The normalized spacial score (nSPS) is 12.3. The molecule has 3 heteroatoms. The molecular weight excluding hydrogens is 372 g/mol. The van der Waals surface area contributed by atoms with Crippen molar-refractivity contribution < 1.29 is 9.53 Å². The van der Waals surface area contributed by atoms with Gasteiger partial charge in [-0.05, 0) is 21.8 Å². The lowest BCUT2D eigenvalue weighted by molar-refractivity contribution is 0.237. The van der Waals surface area contributed by atoms with Gasteiger partial charge in [0.25, 0.3) is 8.32 Å². The van der Waals surface area contributed by atoms with Gasteiger partial charge >= 0.3 is 0 Å². The number of hydrogen-bond donors (Lipinski definition) is 1. The van der Waals surface area contributed by atoms with Crippen LogP contribution in [0.1, 0.15) is 47.0 Å². The fourth-order valence-corrected chi connectivity index (χ4v) is 8.24. The molecule has 0 aliphatic heterocycles. The van der Waals surface area contributed by atoms with E-state index >= 15 is 0 Å². The van der Waals surface area contributed by atoms with E-state index in [1.54, 1.807) is 0 Å². The standard InChI is InChI=1S/C26H32O2Si/c1-5-23(17-11-7-6-8-16-22-27)28-29(26(2,3)4,24-18-12-9-13-19-24)25-20-14-10-15-21-25/h9-10,12-15,18-21,23,27H,5-7,22H2,1-4H3. The molecule has 0 saturated carbocycles. The molecule has 0 saturated heterocycles. The van der Waals surface area contributed by atoms with Gasteiger partial charge in [0, 0.05) is 12.8 Å². The second-order valence-electron chi connectivity index (χ2n) is 8.01. The van der Waals surface area contributed by atoms with Crippen LogP contribution in [0.2, 0.25) is 5.04 Å². The predicted octanol–water partition coefficient (Wildman–Crippen LogP) is 4.12. The van der Waals surface area contributed by atoms with Crippen LogP contribution >= 0.6 is 0 Å². The third-order valence-corrected chi connectivity index (χ3v) is 9.99. The molecule has 0 amide bonds. The van der Waals surface area contributed by atoms with Gasteiger partial charge < -0.3 is 9.53 Å². The summed E-state index contributed by atoms with van der Waals surface area (Å²) in [6.45, 7) is 8.88. The van der Waals surface area contributed by atoms with Crippen molar-refractivity contribution in [2.24, 2.45) is 0 Å². The highest BCUT2D eigenvalue weighted by atomic mass is 28.4. The molecule has 0 radical (unpaired) electrons. The summed E-state index contributed by atoms with van der Waals surface area (Å²) in [7, 11) is -2.58. The number of hydrogen-bond acceptors (Lipinski definition) is 2. The molecule has 0 heterocycles. The fraction of sp³-hybridized carbons (Fsp3) is 0.385. The largest absolute Gasteiger partial charge is 0.394 e. The van der Waals surface area contributed by atoms with Gasteiger partial charge in [-0.3, -0.25) is 0 Å². The summed E-state index contributed by atoms with van der Waals surface area (Å²) >= 11 is 0. The Hall–Kier alpha value is -2.30. The number of benzene rings is 2. The van der Waals surface area contributed by atoms with Gasteiger partial charge in [0.15, 0.2) is 0 Å². The van der Waals surface area contributed by atoms with Gasteiger partial charge in [0.05, 0.1) is 0 Å². The fourth-order valence-electron chi connectivity index (χ4n) is 3.57. The van der Waals surface area contributed by atoms with Crippen molar-refractivity contribution in [2.45, 2.75) is 58.1 Å². The van der Waals surface area contributed by atoms with Crippen LogP contribution < -0.4 is 10.4 Å². The van der Waals surface area contributed by atoms with Crippen LogP contribution in [0.15, 0.2) is 60.7 Å². The first-order valence-corrected chi connectivity index (χ1v) is 12.2. The highest BCUT2D eigenvalue weighted by molar-refractivity contribution is 6.99. The maximum Gasteiger partial charge on any atom is 0.262 e. The van der Waals surface area contributed by atoms with Gasteiger partial charge in [0.2, 0.25) is 0 Å². The van der Waals surface area contributed by atoms with Gasteiger partial charge in [-0.25, -0.2) is 0 Å². The Balaban J connectivity index is 2.46. The predicted molar refractivity (Wildman–Crippen MR) is 125 cm³/mol. The second kappa shape index (κ2) is 11.0. The minimum Gasteiger partial charge on any atom is -0.394 e. The molecule has 0 bridgehead atoms. The number of aliphatic hydroxyl groups excluding tert-OH is 1. The minimum atomic E-state index is -2.58. The summed E-state index contributed by atoms with van der Waals surface area (Å²) in [5.41, 5.74) is 0. The maximum atomic E-state index is 8.74. The summed E-state index contributed by atoms with van der Waals surface area (Å²) in [5.74, 6) is 12.2. The molecule has 2 aromatic rings. The Bertz CT molecular complexity index is 822. The molecule has 29 heavy (non-hydrogen) atoms. The molecule has 2 rings (SSSR count). The zero-order valence-corrected chi connectivity index (χ0v) is 19.0. The second-order valence-corrected chi connectivity index (χ2v) is 12.3. The van der Waals surface area contributed by atoms with Crippen LogP contribution in [0.5, 0.6) is 0 Å². The lowest BCUT2D eigenvalue weighted by Gasteiger charge is -2.44. The summed E-state index contributed by atoms with van der Waals surface area (Å²) in [6.07, 6.45) is 2.06. The van der Waals surface area contributed by atoms with Crippen molar-refractivity contribution in [3.8, 4) is 23.7 Å². The van der Waals surface area contributed by atoms with Crippen LogP contribution in [0.3, 0.4) is 0 Å². The van der Waals surface area contributed by atoms with Gasteiger partial charge in [0.1, 0.15) is 12.7 Å². The average molecular weight is 405 g/mol. The molecule has 2 aromatic carbocycles. The van der Waals surface area contributed by atoms with Gasteiger partial charge in [-0.15, -0.1) is 0 Å². The van der Waals surface area contributed by atoms with E-state index in [4.69, 9.17) is 9.53 Å². The van der Waals surface area contributed by atoms with E-state index in [-0.39, 0.29) is 17.7 Å². The third kappa shape index (κ3) is 5.84. The summed E-state index contributed by atoms with van der Waals surface area (Å²) in [6, 6.07) is 21.3. The van der Waals surface area contributed by atoms with Crippen LogP contribution in [-0.4, -0.2) is 26.1 Å². The number of rotatable bonds is 6. The zero-order chi connectivity index (χ0) is 21.2. The average Bonchev–Trinajstić information content (AvgIpc) is 2.73. The smallest absolute Gasteiger partial charge is 0.262 e. The molecule has 2 nitrogen and oxygen atoms in total. The maximum absolute atomic E-state index is 8.74. The summed E-state index contributed by atoms with van der Waals surface area (Å²) in [5, 5.41) is 11.2. The first-order valence-electron chi connectivity index (χ1n) is 10.3. The first kappa shape index (κ1) is 23.0. The van der Waals surface area contributed by atoms with Gasteiger partial charge in [-0.1, -0.05) is 112 Å². The summed E-state index contributed by atoms with van der Waals surface area (Å²) < 4.78 is 7.04. The Labute approximate surface area is 177 Å². The molecular formula is C26H32O2Si. The van der Waals surface area contributed by atoms with Crippen molar-refractivity contribution in [3.63, 3.8) is 0 Å². The molecule has 1 N–H and O–H groups in total. The molecule has 152 valence electrons. The van der Waals surface area contributed by atoms with Crippen LogP contribution in [0.25, 0.3) is 0 Å².